The first kappa shape index (κ1) is 15.1. The van der Waals surface area contributed by atoms with Gasteiger partial charge in [-0.1, -0.05) is 26.0 Å². The predicted octanol–water partition coefficient (Wildman–Crippen LogP) is 3.42. The second kappa shape index (κ2) is 5.11. The summed E-state index contributed by atoms with van der Waals surface area (Å²) in [6.07, 6.45) is 2.31. The minimum absolute atomic E-state index is 0.0997. The number of nitrogens with one attached hydrogen (secondary N) is 1. The molecule has 4 heteroatoms. The van der Waals surface area contributed by atoms with Crippen LogP contribution in [-0.2, 0) is 9.59 Å². The lowest BCUT2D eigenvalue weighted by Crippen LogP contribution is -2.44. The number of amides is 1. The van der Waals surface area contributed by atoms with Gasteiger partial charge in [0, 0.05) is 5.41 Å². The van der Waals surface area contributed by atoms with Crippen molar-refractivity contribution in [3.63, 3.8) is 0 Å². The van der Waals surface area contributed by atoms with Crippen LogP contribution in [0.3, 0.4) is 0 Å². The van der Waals surface area contributed by atoms with Gasteiger partial charge in [0.2, 0.25) is 5.91 Å². The van der Waals surface area contributed by atoms with E-state index in [1.165, 1.54) is 0 Å². The number of anilines is 1. The Hall–Kier alpha value is -1.84. The molecule has 118 valence electrons. The highest BCUT2D eigenvalue weighted by atomic mass is 16.5. The van der Waals surface area contributed by atoms with Gasteiger partial charge in [-0.15, -0.1) is 0 Å². The molecule has 3 rings (SSSR count). The average molecular weight is 301 g/mol. The van der Waals surface area contributed by atoms with Gasteiger partial charge in [0.1, 0.15) is 11.2 Å². The van der Waals surface area contributed by atoms with Crippen LogP contribution in [-0.4, -0.2) is 18.3 Å². The third kappa shape index (κ3) is 2.04. The van der Waals surface area contributed by atoms with E-state index in [-0.39, 0.29) is 17.1 Å². The molecule has 0 radical (unpaired) electrons. The van der Waals surface area contributed by atoms with Crippen molar-refractivity contribution in [3.05, 3.63) is 24.3 Å². The highest BCUT2D eigenvalue weighted by molar-refractivity contribution is 6.15. The van der Waals surface area contributed by atoms with Crippen LogP contribution in [0.15, 0.2) is 24.3 Å². The number of fused-ring (bicyclic) bond motifs is 2. The molecular weight excluding hydrogens is 278 g/mol. The molecule has 2 atom stereocenters. The third-order valence-electron chi connectivity index (χ3n) is 5.42. The maximum Gasteiger partial charge on any atom is 0.238 e. The molecule has 1 amide bonds. The second-order valence-electron chi connectivity index (χ2n) is 6.96. The lowest BCUT2D eigenvalue weighted by atomic mass is 9.70. The van der Waals surface area contributed by atoms with Gasteiger partial charge in [-0.2, -0.15) is 0 Å². The van der Waals surface area contributed by atoms with Crippen LogP contribution in [0.2, 0.25) is 0 Å². The Morgan fingerprint density at radius 1 is 1.36 bits per heavy atom. The Kier molecular flexibility index (Phi) is 3.50. The Bertz CT molecular complexity index is 623. The fourth-order valence-electron chi connectivity index (χ4n) is 4.07. The molecule has 0 aliphatic heterocycles. The van der Waals surface area contributed by atoms with Crippen molar-refractivity contribution in [1.29, 1.82) is 0 Å². The number of Topliss-reactive ketones (excluding diaryl/α,β-unsaturated/α-hetero) is 1. The molecule has 1 aromatic rings. The molecule has 0 spiro atoms. The molecule has 2 unspecified atom stereocenters. The van der Waals surface area contributed by atoms with E-state index in [2.05, 4.69) is 5.32 Å². The number of hydrogen-bond acceptors (Lipinski definition) is 3. The quantitative estimate of drug-likeness (QED) is 0.867. The smallest absolute Gasteiger partial charge is 0.238 e. The summed E-state index contributed by atoms with van der Waals surface area (Å²) in [6, 6.07) is 7.37. The van der Waals surface area contributed by atoms with Gasteiger partial charge in [0.25, 0.3) is 0 Å². The number of carbonyl (C=O) groups excluding carboxylic acids is 2. The average Bonchev–Trinajstić information content (AvgIpc) is 3.02. The maximum atomic E-state index is 12.9. The molecule has 0 aromatic heterocycles. The monoisotopic (exact) mass is 301 g/mol. The molecule has 2 saturated carbocycles. The first-order chi connectivity index (χ1) is 10.4. The first-order valence-corrected chi connectivity index (χ1v) is 8.00. The van der Waals surface area contributed by atoms with Crippen molar-refractivity contribution in [2.24, 2.45) is 16.7 Å². The summed E-state index contributed by atoms with van der Waals surface area (Å²) in [5.41, 5.74) is -0.576. The van der Waals surface area contributed by atoms with Gasteiger partial charge in [-0.05, 0) is 44.2 Å². The lowest BCUT2D eigenvalue weighted by Gasteiger charge is -2.32. The number of carbonyl (C=O) groups is 2. The number of rotatable bonds is 4. The summed E-state index contributed by atoms with van der Waals surface area (Å²) in [5.74, 6) is 0.905. The van der Waals surface area contributed by atoms with Crippen LogP contribution >= 0.6 is 0 Å². The molecule has 1 aromatic carbocycles. The lowest BCUT2D eigenvalue weighted by molar-refractivity contribution is -0.142. The van der Waals surface area contributed by atoms with E-state index in [9.17, 15) is 9.59 Å². The molecule has 22 heavy (non-hydrogen) atoms. The normalized spacial score (nSPS) is 28.7. The van der Waals surface area contributed by atoms with E-state index in [1.807, 2.05) is 45.0 Å². The van der Waals surface area contributed by atoms with Gasteiger partial charge in [-0.3, -0.25) is 9.59 Å². The van der Waals surface area contributed by atoms with Crippen LogP contribution in [0.4, 0.5) is 5.69 Å². The van der Waals surface area contributed by atoms with Crippen molar-refractivity contribution in [3.8, 4) is 5.75 Å². The first-order valence-electron chi connectivity index (χ1n) is 8.00. The van der Waals surface area contributed by atoms with Gasteiger partial charge in [0.15, 0.2) is 5.78 Å². The molecule has 1 N–H and O–H groups in total. The zero-order valence-electron chi connectivity index (χ0n) is 13.4. The van der Waals surface area contributed by atoms with Crippen molar-refractivity contribution in [2.45, 2.75) is 40.0 Å². The third-order valence-corrected chi connectivity index (χ3v) is 5.42. The standard InChI is InChI=1S/C18H23NO3/c1-4-22-14-8-6-5-7-13(14)19-16(21)18-10-9-12(11-18)17(2,3)15(18)20/h5-8,12H,4,9-11H2,1-3H3,(H,19,21). The summed E-state index contributed by atoms with van der Waals surface area (Å²) in [7, 11) is 0. The maximum absolute atomic E-state index is 12.9. The van der Waals surface area contributed by atoms with Crippen LogP contribution in [0.5, 0.6) is 5.75 Å². The fraction of sp³-hybridized carbons (Fsp3) is 0.556. The van der Waals surface area contributed by atoms with Crippen LogP contribution < -0.4 is 10.1 Å². The predicted molar refractivity (Wildman–Crippen MR) is 84.8 cm³/mol. The SMILES string of the molecule is CCOc1ccccc1NC(=O)C12CCC(C1)C(C)(C)C2=O. The fourth-order valence-corrected chi connectivity index (χ4v) is 4.07. The zero-order chi connectivity index (χ0) is 16.0. The van der Waals surface area contributed by atoms with Crippen molar-refractivity contribution >= 4 is 17.4 Å². The molecule has 0 saturated heterocycles. The number of ether oxygens (including phenoxy) is 1. The number of ketones is 1. The number of benzene rings is 1. The number of hydrogen-bond donors (Lipinski definition) is 1. The summed E-state index contributed by atoms with van der Waals surface area (Å²) >= 11 is 0. The highest BCUT2D eigenvalue weighted by Crippen LogP contribution is 2.60. The van der Waals surface area contributed by atoms with Crippen LogP contribution in [0.25, 0.3) is 0 Å². The van der Waals surface area contributed by atoms with Gasteiger partial charge >= 0.3 is 0 Å². The summed E-state index contributed by atoms with van der Waals surface area (Å²) in [5, 5.41) is 2.94. The topological polar surface area (TPSA) is 55.4 Å². The van der Waals surface area contributed by atoms with E-state index in [0.717, 1.165) is 6.42 Å². The molecule has 4 nitrogen and oxygen atoms in total. The minimum Gasteiger partial charge on any atom is -0.492 e. The van der Waals surface area contributed by atoms with Crippen molar-refractivity contribution < 1.29 is 14.3 Å². The largest absolute Gasteiger partial charge is 0.492 e. The minimum atomic E-state index is -0.840. The summed E-state index contributed by atoms with van der Waals surface area (Å²) in [4.78, 5) is 25.6. The Labute approximate surface area is 131 Å². The molecule has 2 fully saturated rings. The van der Waals surface area contributed by atoms with E-state index >= 15 is 0 Å². The Morgan fingerprint density at radius 3 is 2.73 bits per heavy atom. The van der Waals surface area contributed by atoms with E-state index < -0.39 is 5.41 Å². The molecule has 2 aliphatic rings. The van der Waals surface area contributed by atoms with E-state index in [0.29, 0.717) is 36.8 Å². The van der Waals surface area contributed by atoms with Crippen LogP contribution in [0, 0.1) is 16.7 Å². The Balaban J connectivity index is 1.86. The van der Waals surface area contributed by atoms with Crippen LogP contribution in [0.1, 0.15) is 40.0 Å². The molecule has 2 bridgehead atoms. The summed E-state index contributed by atoms with van der Waals surface area (Å²) in [6.45, 7) is 6.39. The molecule has 0 heterocycles. The molecular formula is C18H23NO3. The second-order valence-corrected chi connectivity index (χ2v) is 6.96. The van der Waals surface area contributed by atoms with E-state index in [4.69, 9.17) is 4.74 Å². The van der Waals surface area contributed by atoms with E-state index in [1.54, 1.807) is 0 Å². The van der Waals surface area contributed by atoms with Gasteiger partial charge < -0.3 is 10.1 Å². The number of para-hydroxylation sites is 2. The highest BCUT2D eigenvalue weighted by Gasteiger charge is 2.65. The molecule has 2 aliphatic carbocycles. The van der Waals surface area contributed by atoms with Gasteiger partial charge in [0.05, 0.1) is 12.3 Å². The summed E-state index contributed by atoms with van der Waals surface area (Å²) < 4.78 is 5.55. The van der Waals surface area contributed by atoms with Crippen molar-refractivity contribution in [1.82, 2.24) is 0 Å². The zero-order valence-corrected chi connectivity index (χ0v) is 13.4. The Morgan fingerprint density at radius 2 is 2.09 bits per heavy atom. The van der Waals surface area contributed by atoms with Crippen molar-refractivity contribution in [2.75, 3.05) is 11.9 Å². The van der Waals surface area contributed by atoms with Gasteiger partial charge in [-0.25, -0.2) is 0 Å².